The minimum Gasteiger partial charge on any atom is -0.480 e. The van der Waals surface area contributed by atoms with E-state index in [1.165, 1.54) is 24.3 Å². The van der Waals surface area contributed by atoms with Gasteiger partial charge in [-0.05, 0) is 24.8 Å². The van der Waals surface area contributed by atoms with Gasteiger partial charge in [0.05, 0.1) is 4.88 Å². The molecule has 1 amide bonds. The molecule has 7 heteroatoms. The molecule has 112 valence electrons. The number of nitrogens with zero attached hydrogens (tertiary/aromatic N) is 1. The third kappa shape index (κ3) is 3.30. The third-order valence-corrected chi connectivity index (χ3v) is 4.00. The van der Waals surface area contributed by atoms with E-state index in [1.54, 1.807) is 0 Å². The first-order chi connectivity index (χ1) is 9.96. The van der Waals surface area contributed by atoms with E-state index in [2.05, 4.69) is 10.5 Å². The number of thiophene rings is 1. The van der Waals surface area contributed by atoms with E-state index in [0.717, 1.165) is 4.88 Å². The molecule has 6 nitrogen and oxygen atoms in total. The molecule has 0 aliphatic heterocycles. The van der Waals surface area contributed by atoms with Crippen molar-refractivity contribution in [3.63, 3.8) is 0 Å². The number of nitrogens with one attached hydrogen (secondary N) is 1. The van der Waals surface area contributed by atoms with Crippen molar-refractivity contribution in [3.8, 4) is 10.6 Å². The summed E-state index contributed by atoms with van der Waals surface area (Å²) in [5.41, 5.74) is -1.24. The average Bonchev–Trinajstić information content (AvgIpc) is 3.09. The summed E-state index contributed by atoms with van der Waals surface area (Å²) in [5.74, 6) is -1.14. The number of carboxylic acid groups (broad SMARTS) is 1. The first-order valence-electron chi connectivity index (χ1n) is 6.53. The summed E-state index contributed by atoms with van der Waals surface area (Å²) in [6.07, 6.45) is 0.978. The lowest BCUT2D eigenvalue weighted by atomic mass is 9.96. The highest BCUT2D eigenvalue weighted by atomic mass is 32.1. The Morgan fingerprint density at radius 2 is 2.29 bits per heavy atom. The number of aliphatic carboxylic acids is 1. The van der Waals surface area contributed by atoms with Crippen LogP contribution >= 0.6 is 11.3 Å². The monoisotopic (exact) mass is 308 g/mol. The van der Waals surface area contributed by atoms with Gasteiger partial charge in [-0.2, -0.15) is 0 Å². The van der Waals surface area contributed by atoms with Crippen LogP contribution in [0.15, 0.2) is 28.1 Å². The van der Waals surface area contributed by atoms with Crippen molar-refractivity contribution in [1.29, 1.82) is 0 Å². The van der Waals surface area contributed by atoms with Gasteiger partial charge in [0.2, 0.25) is 0 Å². The van der Waals surface area contributed by atoms with Gasteiger partial charge in [-0.3, -0.25) is 4.79 Å². The van der Waals surface area contributed by atoms with E-state index >= 15 is 0 Å². The SMILES string of the molecule is CCCC(C)(NC(=O)c1cc(-c2cccs2)on1)C(=O)O. The van der Waals surface area contributed by atoms with Crippen molar-refractivity contribution >= 4 is 23.2 Å². The molecule has 0 saturated carbocycles. The van der Waals surface area contributed by atoms with Gasteiger partial charge in [0.15, 0.2) is 11.5 Å². The van der Waals surface area contributed by atoms with Crippen LogP contribution in [0.25, 0.3) is 10.6 Å². The lowest BCUT2D eigenvalue weighted by molar-refractivity contribution is -0.144. The lowest BCUT2D eigenvalue weighted by Crippen LogP contribution is -2.52. The zero-order chi connectivity index (χ0) is 15.5. The number of aromatic nitrogens is 1. The van der Waals surface area contributed by atoms with Crippen LogP contribution in [0.3, 0.4) is 0 Å². The van der Waals surface area contributed by atoms with Gasteiger partial charge in [-0.15, -0.1) is 11.3 Å². The van der Waals surface area contributed by atoms with E-state index in [0.29, 0.717) is 18.6 Å². The number of hydrogen-bond acceptors (Lipinski definition) is 5. The first-order valence-corrected chi connectivity index (χ1v) is 7.40. The zero-order valence-electron chi connectivity index (χ0n) is 11.8. The maximum atomic E-state index is 12.1. The molecule has 0 saturated heterocycles. The van der Waals surface area contributed by atoms with Crippen LogP contribution in [0.1, 0.15) is 37.2 Å². The summed E-state index contributed by atoms with van der Waals surface area (Å²) >= 11 is 1.47. The zero-order valence-corrected chi connectivity index (χ0v) is 12.6. The lowest BCUT2D eigenvalue weighted by Gasteiger charge is -2.25. The molecular formula is C14H16N2O4S. The molecule has 2 heterocycles. The smallest absolute Gasteiger partial charge is 0.329 e. The molecule has 2 aromatic rings. The Balaban J connectivity index is 2.15. The Morgan fingerprint density at radius 3 is 2.86 bits per heavy atom. The summed E-state index contributed by atoms with van der Waals surface area (Å²) in [5, 5.41) is 17.4. The molecule has 0 aliphatic rings. The summed E-state index contributed by atoms with van der Waals surface area (Å²) in [6.45, 7) is 3.34. The molecule has 2 aromatic heterocycles. The van der Waals surface area contributed by atoms with Crippen LogP contribution in [-0.2, 0) is 4.79 Å². The van der Waals surface area contributed by atoms with Gasteiger partial charge in [-0.25, -0.2) is 4.79 Å². The van der Waals surface area contributed by atoms with Gasteiger partial charge in [0, 0.05) is 6.07 Å². The maximum Gasteiger partial charge on any atom is 0.329 e. The van der Waals surface area contributed by atoms with Crippen molar-refractivity contribution in [2.24, 2.45) is 0 Å². The van der Waals surface area contributed by atoms with Gasteiger partial charge in [0.1, 0.15) is 5.54 Å². The molecule has 0 radical (unpaired) electrons. The Labute approximate surface area is 125 Å². The topological polar surface area (TPSA) is 92.4 Å². The highest BCUT2D eigenvalue weighted by Crippen LogP contribution is 2.25. The van der Waals surface area contributed by atoms with Crippen molar-refractivity contribution in [1.82, 2.24) is 10.5 Å². The Bertz CT molecular complexity index is 635. The van der Waals surface area contributed by atoms with E-state index < -0.39 is 17.4 Å². The Kier molecular flexibility index (Phi) is 4.42. The van der Waals surface area contributed by atoms with E-state index in [4.69, 9.17) is 4.52 Å². The van der Waals surface area contributed by atoms with E-state index in [1.807, 2.05) is 24.4 Å². The molecule has 21 heavy (non-hydrogen) atoms. The fourth-order valence-electron chi connectivity index (χ4n) is 1.95. The summed E-state index contributed by atoms with van der Waals surface area (Å²) in [4.78, 5) is 24.3. The van der Waals surface area contributed by atoms with Crippen LogP contribution in [0.5, 0.6) is 0 Å². The quantitative estimate of drug-likeness (QED) is 0.856. The van der Waals surface area contributed by atoms with Gasteiger partial charge in [0.25, 0.3) is 5.91 Å². The number of rotatable bonds is 6. The molecule has 2 N–H and O–H groups in total. The highest BCUT2D eigenvalue weighted by Gasteiger charge is 2.34. The third-order valence-electron chi connectivity index (χ3n) is 3.12. The van der Waals surface area contributed by atoms with E-state index in [-0.39, 0.29) is 5.69 Å². The van der Waals surface area contributed by atoms with Crippen LogP contribution in [0.2, 0.25) is 0 Å². The number of hydrogen-bond donors (Lipinski definition) is 2. The fourth-order valence-corrected chi connectivity index (χ4v) is 2.63. The number of carbonyl (C=O) groups excluding carboxylic acids is 1. The maximum absolute atomic E-state index is 12.1. The fraction of sp³-hybridized carbons (Fsp3) is 0.357. The molecule has 0 spiro atoms. The molecule has 1 unspecified atom stereocenters. The van der Waals surface area contributed by atoms with Crippen LogP contribution in [0.4, 0.5) is 0 Å². The molecule has 0 bridgehead atoms. The molecule has 1 atom stereocenters. The first kappa shape index (κ1) is 15.2. The van der Waals surface area contributed by atoms with Crippen molar-refractivity contribution in [2.45, 2.75) is 32.2 Å². The van der Waals surface area contributed by atoms with Crippen LogP contribution in [-0.4, -0.2) is 27.7 Å². The molecule has 0 aliphatic carbocycles. The predicted molar refractivity (Wildman–Crippen MR) is 78.2 cm³/mol. The van der Waals surface area contributed by atoms with Crippen molar-refractivity contribution in [3.05, 3.63) is 29.3 Å². The Morgan fingerprint density at radius 1 is 1.52 bits per heavy atom. The largest absolute Gasteiger partial charge is 0.480 e. The van der Waals surface area contributed by atoms with Gasteiger partial charge >= 0.3 is 5.97 Å². The van der Waals surface area contributed by atoms with Crippen molar-refractivity contribution < 1.29 is 19.2 Å². The standard InChI is InChI=1S/C14H16N2O4S/c1-3-6-14(2,13(18)19)15-12(17)9-8-10(20-16-9)11-5-4-7-21-11/h4-5,7-8H,3,6H2,1-2H3,(H,15,17)(H,18,19). The molecule has 0 fully saturated rings. The minimum atomic E-state index is -1.31. The molecule has 0 aromatic carbocycles. The number of carboxylic acids is 1. The summed E-state index contributed by atoms with van der Waals surface area (Å²) < 4.78 is 5.12. The average molecular weight is 308 g/mol. The summed E-state index contributed by atoms with van der Waals surface area (Å²) in [6, 6.07) is 5.23. The van der Waals surface area contributed by atoms with Gasteiger partial charge < -0.3 is 14.9 Å². The molecular weight excluding hydrogens is 292 g/mol. The number of carbonyl (C=O) groups is 2. The number of amides is 1. The second-order valence-corrected chi connectivity index (χ2v) is 5.84. The van der Waals surface area contributed by atoms with E-state index in [9.17, 15) is 14.7 Å². The highest BCUT2D eigenvalue weighted by molar-refractivity contribution is 7.13. The molecule has 2 rings (SSSR count). The second kappa shape index (κ2) is 6.09. The van der Waals surface area contributed by atoms with Gasteiger partial charge in [-0.1, -0.05) is 24.6 Å². The van der Waals surface area contributed by atoms with Crippen molar-refractivity contribution in [2.75, 3.05) is 0 Å². The minimum absolute atomic E-state index is 0.0713. The predicted octanol–water partition coefficient (Wildman–Crippen LogP) is 2.78. The van der Waals surface area contributed by atoms with Crippen LogP contribution in [0, 0.1) is 0 Å². The second-order valence-electron chi connectivity index (χ2n) is 4.90. The normalized spacial score (nSPS) is 13.6. The van der Waals surface area contributed by atoms with Crippen LogP contribution < -0.4 is 5.32 Å². The Hall–Kier alpha value is -2.15. The summed E-state index contributed by atoms with van der Waals surface area (Å²) in [7, 11) is 0.